The van der Waals surface area contributed by atoms with E-state index in [9.17, 15) is 8.78 Å². The molecule has 0 aliphatic heterocycles. The van der Waals surface area contributed by atoms with Crippen molar-refractivity contribution in [3.8, 4) is 11.5 Å². The molecule has 2 aromatic rings. The number of rotatable bonds is 1. The lowest BCUT2D eigenvalue weighted by Gasteiger charge is -2.01. The van der Waals surface area contributed by atoms with E-state index < -0.39 is 11.6 Å². The van der Waals surface area contributed by atoms with Crippen molar-refractivity contribution in [1.29, 1.82) is 0 Å². The van der Waals surface area contributed by atoms with Crippen molar-refractivity contribution in [3.05, 3.63) is 30.2 Å². The van der Waals surface area contributed by atoms with E-state index >= 15 is 0 Å². The van der Waals surface area contributed by atoms with Crippen molar-refractivity contribution in [2.24, 2.45) is 0 Å². The molecule has 0 atom stereocenters. The Bertz CT molecular complexity index is 456. The lowest BCUT2D eigenvalue weighted by molar-refractivity contribution is 0.554. The maximum atomic E-state index is 13.3. The summed E-state index contributed by atoms with van der Waals surface area (Å²) in [6.45, 7) is 0. The van der Waals surface area contributed by atoms with Gasteiger partial charge in [-0.25, -0.2) is 8.78 Å². The van der Waals surface area contributed by atoms with Gasteiger partial charge in [-0.05, 0) is 12.1 Å². The zero-order chi connectivity index (χ0) is 10.1. The summed E-state index contributed by atoms with van der Waals surface area (Å²) in [4.78, 5) is 0. The third-order valence-electron chi connectivity index (χ3n) is 1.66. The molecule has 0 amide bonds. The van der Waals surface area contributed by atoms with Gasteiger partial charge in [-0.3, -0.25) is 0 Å². The average molecular weight is 197 g/mol. The van der Waals surface area contributed by atoms with E-state index in [0.717, 1.165) is 18.5 Å². The molecular formula is C8H5F2N3O. The van der Waals surface area contributed by atoms with Gasteiger partial charge in [-0.15, -0.1) is 10.2 Å². The number of nitrogens with two attached hydrogens (primary N) is 1. The highest BCUT2D eigenvalue weighted by Gasteiger charge is 2.14. The van der Waals surface area contributed by atoms with Crippen LogP contribution in [0.4, 0.5) is 14.5 Å². The van der Waals surface area contributed by atoms with Crippen molar-refractivity contribution >= 4 is 5.69 Å². The molecule has 0 saturated heterocycles. The summed E-state index contributed by atoms with van der Waals surface area (Å²) in [5.41, 5.74) is 4.79. The molecule has 4 nitrogen and oxygen atoms in total. The van der Waals surface area contributed by atoms with E-state index in [0.29, 0.717) is 0 Å². The Kier molecular flexibility index (Phi) is 1.88. The number of hydrogen-bond donors (Lipinski definition) is 1. The van der Waals surface area contributed by atoms with E-state index in [1.807, 2.05) is 0 Å². The van der Waals surface area contributed by atoms with Gasteiger partial charge in [-0.2, -0.15) is 0 Å². The minimum absolute atomic E-state index is 0.103. The van der Waals surface area contributed by atoms with Gasteiger partial charge in [0.05, 0.1) is 11.3 Å². The first-order valence-electron chi connectivity index (χ1n) is 3.69. The second kappa shape index (κ2) is 3.06. The van der Waals surface area contributed by atoms with Crippen LogP contribution in [-0.4, -0.2) is 10.2 Å². The van der Waals surface area contributed by atoms with Crippen LogP contribution < -0.4 is 5.73 Å². The fourth-order valence-corrected chi connectivity index (χ4v) is 1.06. The van der Waals surface area contributed by atoms with Crippen LogP contribution in [0, 0.1) is 11.6 Å². The first-order chi connectivity index (χ1) is 6.68. The Morgan fingerprint density at radius 1 is 1.29 bits per heavy atom. The van der Waals surface area contributed by atoms with Crippen LogP contribution in [0.2, 0.25) is 0 Å². The summed E-state index contributed by atoms with van der Waals surface area (Å²) in [5.74, 6) is -1.53. The van der Waals surface area contributed by atoms with Crippen LogP contribution in [-0.2, 0) is 0 Å². The topological polar surface area (TPSA) is 64.9 Å². The summed E-state index contributed by atoms with van der Waals surface area (Å²) in [5, 5.41) is 6.80. The zero-order valence-corrected chi connectivity index (χ0v) is 6.87. The molecule has 0 fully saturated rings. The van der Waals surface area contributed by atoms with Crippen molar-refractivity contribution < 1.29 is 13.2 Å². The molecule has 0 unspecified atom stereocenters. The molecule has 72 valence electrons. The Morgan fingerprint density at radius 3 is 2.71 bits per heavy atom. The molecule has 0 saturated carbocycles. The molecule has 0 bridgehead atoms. The maximum Gasteiger partial charge on any atom is 0.250 e. The highest BCUT2D eigenvalue weighted by molar-refractivity contribution is 5.61. The first kappa shape index (κ1) is 8.61. The van der Waals surface area contributed by atoms with Gasteiger partial charge in [0.1, 0.15) is 5.82 Å². The lowest BCUT2D eigenvalue weighted by Crippen LogP contribution is -1.95. The van der Waals surface area contributed by atoms with E-state index in [1.54, 1.807) is 0 Å². The Morgan fingerprint density at radius 2 is 2.07 bits per heavy atom. The number of hydrogen-bond acceptors (Lipinski definition) is 4. The van der Waals surface area contributed by atoms with Crippen LogP contribution in [0.1, 0.15) is 0 Å². The van der Waals surface area contributed by atoms with E-state index in [4.69, 9.17) is 10.2 Å². The normalized spacial score (nSPS) is 10.4. The molecule has 6 heteroatoms. The summed E-state index contributed by atoms with van der Waals surface area (Å²) in [6.07, 6.45) is 1.02. The molecule has 1 aromatic heterocycles. The highest BCUT2D eigenvalue weighted by Crippen LogP contribution is 2.25. The minimum Gasteiger partial charge on any atom is -0.423 e. The molecule has 0 radical (unpaired) electrons. The van der Waals surface area contributed by atoms with Gasteiger partial charge in [0, 0.05) is 0 Å². The fraction of sp³-hybridized carbons (Fsp3) is 0. The van der Waals surface area contributed by atoms with Gasteiger partial charge in [0.25, 0.3) is 5.89 Å². The Balaban J connectivity index is 2.64. The smallest absolute Gasteiger partial charge is 0.250 e. The summed E-state index contributed by atoms with van der Waals surface area (Å²) in [6, 6.07) is 1.83. The summed E-state index contributed by atoms with van der Waals surface area (Å²) in [7, 11) is 0. The van der Waals surface area contributed by atoms with Gasteiger partial charge in [0.2, 0.25) is 6.39 Å². The van der Waals surface area contributed by atoms with E-state index in [-0.39, 0.29) is 17.1 Å². The molecule has 2 N–H and O–H groups in total. The number of aromatic nitrogens is 2. The standard InChI is InChI=1S/C8H5F2N3O/c9-4-1-5(7(10)6(11)2-4)8-13-12-3-14-8/h1-3H,11H2. The highest BCUT2D eigenvalue weighted by atomic mass is 19.1. The number of anilines is 1. The average Bonchev–Trinajstić information content (AvgIpc) is 2.63. The fourth-order valence-electron chi connectivity index (χ4n) is 1.06. The number of benzene rings is 1. The second-order valence-electron chi connectivity index (χ2n) is 2.60. The molecule has 1 heterocycles. The van der Waals surface area contributed by atoms with Gasteiger partial charge in [-0.1, -0.05) is 0 Å². The van der Waals surface area contributed by atoms with Crippen LogP contribution >= 0.6 is 0 Å². The first-order valence-corrected chi connectivity index (χ1v) is 3.69. The number of nitrogens with zero attached hydrogens (tertiary/aromatic N) is 2. The lowest BCUT2D eigenvalue weighted by atomic mass is 10.2. The second-order valence-corrected chi connectivity index (χ2v) is 2.60. The number of halogens is 2. The third-order valence-corrected chi connectivity index (χ3v) is 1.66. The monoisotopic (exact) mass is 197 g/mol. The van der Waals surface area contributed by atoms with Crippen LogP contribution in [0.3, 0.4) is 0 Å². The summed E-state index contributed by atoms with van der Waals surface area (Å²) < 4.78 is 30.9. The SMILES string of the molecule is Nc1cc(F)cc(-c2nnco2)c1F. The molecule has 1 aromatic carbocycles. The van der Waals surface area contributed by atoms with Gasteiger partial charge < -0.3 is 10.2 Å². The molecule has 2 rings (SSSR count). The molecular weight excluding hydrogens is 192 g/mol. The Labute approximate surface area is 77.4 Å². The van der Waals surface area contributed by atoms with Crippen molar-refractivity contribution in [3.63, 3.8) is 0 Å². The minimum atomic E-state index is -0.768. The van der Waals surface area contributed by atoms with E-state index in [2.05, 4.69) is 10.2 Å². The van der Waals surface area contributed by atoms with Gasteiger partial charge in [0.15, 0.2) is 5.82 Å². The number of nitrogen functional groups attached to an aromatic ring is 1. The van der Waals surface area contributed by atoms with Crippen molar-refractivity contribution in [1.82, 2.24) is 10.2 Å². The molecule has 0 spiro atoms. The van der Waals surface area contributed by atoms with E-state index in [1.165, 1.54) is 0 Å². The van der Waals surface area contributed by atoms with Crippen LogP contribution in [0.5, 0.6) is 0 Å². The zero-order valence-electron chi connectivity index (χ0n) is 6.87. The molecule has 0 aliphatic carbocycles. The van der Waals surface area contributed by atoms with Gasteiger partial charge >= 0.3 is 0 Å². The molecule has 14 heavy (non-hydrogen) atoms. The quantitative estimate of drug-likeness (QED) is 0.705. The molecule has 0 aliphatic rings. The largest absolute Gasteiger partial charge is 0.423 e. The predicted octanol–water partition coefficient (Wildman–Crippen LogP) is 1.60. The summed E-state index contributed by atoms with van der Waals surface area (Å²) >= 11 is 0. The third kappa shape index (κ3) is 1.30. The van der Waals surface area contributed by atoms with Crippen molar-refractivity contribution in [2.45, 2.75) is 0 Å². The van der Waals surface area contributed by atoms with Crippen molar-refractivity contribution in [2.75, 3.05) is 5.73 Å². The maximum absolute atomic E-state index is 13.3. The Hall–Kier alpha value is -1.98. The van der Waals surface area contributed by atoms with Crippen LogP contribution in [0.25, 0.3) is 11.5 Å². The predicted molar refractivity (Wildman–Crippen MR) is 44.1 cm³/mol. The van der Waals surface area contributed by atoms with Crippen LogP contribution in [0.15, 0.2) is 22.9 Å².